The third-order valence-corrected chi connectivity index (χ3v) is 5.05. The van der Waals surface area contributed by atoms with Crippen molar-refractivity contribution >= 4 is 22.8 Å². The van der Waals surface area contributed by atoms with Crippen LogP contribution in [0.25, 0.3) is 11.0 Å². The van der Waals surface area contributed by atoms with Crippen molar-refractivity contribution in [1.82, 2.24) is 5.32 Å². The molecular weight excluding hydrogens is 346 g/mol. The summed E-state index contributed by atoms with van der Waals surface area (Å²) in [6, 6.07) is 9.55. The predicted molar refractivity (Wildman–Crippen MR) is 99.0 cm³/mol. The summed E-state index contributed by atoms with van der Waals surface area (Å²) in [6.45, 7) is 3.79. The lowest BCUT2D eigenvalue weighted by atomic mass is 9.97. The van der Waals surface area contributed by atoms with Gasteiger partial charge in [0.2, 0.25) is 5.76 Å². The molecule has 2 heterocycles. The predicted octanol–water partition coefficient (Wildman–Crippen LogP) is 3.03. The van der Waals surface area contributed by atoms with E-state index in [4.69, 9.17) is 4.42 Å². The molecule has 0 radical (unpaired) electrons. The first kappa shape index (κ1) is 17.0. The van der Waals surface area contributed by atoms with E-state index in [2.05, 4.69) is 10.1 Å². The topological polar surface area (TPSA) is 85.6 Å². The van der Waals surface area contributed by atoms with E-state index in [1.54, 1.807) is 30.3 Å². The molecule has 4 rings (SSSR count). The molecule has 0 bridgehead atoms. The number of carbonyl (C=O) groups is 2. The minimum atomic E-state index is -0.624. The summed E-state index contributed by atoms with van der Waals surface area (Å²) in [5, 5.41) is 3.25. The van der Waals surface area contributed by atoms with Gasteiger partial charge < -0.3 is 14.5 Å². The third-order valence-electron chi connectivity index (χ3n) is 5.05. The minimum absolute atomic E-state index is 0.0447. The van der Waals surface area contributed by atoms with Crippen LogP contribution in [-0.4, -0.2) is 19.0 Å². The molecule has 1 aromatic heterocycles. The first-order chi connectivity index (χ1) is 12.9. The minimum Gasteiger partial charge on any atom is -0.465 e. The van der Waals surface area contributed by atoms with Gasteiger partial charge in [0.05, 0.1) is 29.7 Å². The van der Waals surface area contributed by atoms with Gasteiger partial charge in [-0.05, 0) is 48.7 Å². The van der Waals surface area contributed by atoms with Gasteiger partial charge in [-0.3, -0.25) is 9.59 Å². The summed E-state index contributed by atoms with van der Waals surface area (Å²) in [6.07, 6.45) is 0. The molecular formula is C21H17NO5. The Labute approximate surface area is 154 Å². The van der Waals surface area contributed by atoms with E-state index in [0.717, 1.165) is 11.1 Å². The van der Waals surface area contributed by atoms with Gasteiger partial charge in [0, 0.05) is 0 Å². The van der Waals surface area contributed by atoms with Gasteiger partial charge in [-0.15, -0.1) is 0 Å². The van der Waals surface area contributed by atoms with Crippen LogP contribution < -0.4 is 10.7 Å². The Hall–Kier alpha value is -3.41. The number of aryl methyl sites for hydroxylation is 2. The molecule has 3 aromatic rings. The van der Waals surface area contributed by atoms with Crippen molar-refractivity contribution < 1.29 is 18.7 Å². The van der Waals surface area contributed by atoms with E-state index in [9.17, 15) is 14.4 Å². The van der Waals surface area contributed by atoms with Crippen molar-refractivity contribution in [2.45, 2.75) is 19.9 Å². The van der Waals surface area contributed by atoms with Crippen LogP contribution >= 0.6 is 0 Å². The Morgan fingerprint density at radius 1 is 1.07 bits per heavy atom. The van der Waals surface area contributed by atoms with Crippen molar-refractivity contribution in [2.75, 3.05) is 7.11 Å². The number of esters is 1. The first-order valence-electron chi connectivity index (χ1n) is 8.48. The maximum atomic E-state index is 13.1. The van der Waals surface area contributed by atoms with Crippen LogP contribution in [0.3, 0.4) is 0 Å². The van der Waals surface area contributed by atoms with Gasteiger partial charge in [-0.25, -0.2) is 4.79 Å². The van der Waals surface area contributed by atoms with E-state index >= 15 is 0 Å². The van der Waals surface area contributed by atoms with E-state index < -0.39 is 17.9 Å². The zero-order valence-electron chi connectivity index (χ0n) is 15.1. The number of fused-ring (bicyclic) bond motifs is 2. The zero-order valence-corrected chi connectivity index (χ0v) is 15.1. The van der Waals surface area contributed by atoms with Gasteiger partial charge in [-0.2, -0.15) is 0 Å². The molecule has 0 fully saturated rings. The molecule has 1 N–H and O–H groups in total. The maximum absolute atomic E-state index is 13.1. The molecule has 2 aromatic carbocycles. The zero-order chi connectivity index (χ0) is 19.3. The van der Waals surface area contributed by atoms with Crippen LogP contribution in [-0.2, 0) is 4.74 Å². The van der Waals surface area contributed by atoms with E-state index in [1.807, 2.05) is 19.9 Å². The number of rotatable bonds is 2. The standard InChI is InChI=1S/C21H17NO5/c1-10-4-9-14-17(23)15-16(12-5-7-13(8-6-12)21(25)26-3)22-20(24)19(15)27-18(14)11(10)2/h4-9,16H,1-3H3,(H,22,24). The monoisotopic (exact) mass is 363 g/mol. The molecule has 6 nitrogen and oxygen atoms in total. The number of methoxy groups -OCH3 is 1. The fourth-order valence-electron chi connectivity index (χ4n) is 3.38. The number of benzene rings is 2. The maximum Gasteiger partial charge on any atom is 0.337 e. The highest BCUT2D eigenvalue weighted by molar-refractivity contribution is 5.99. The van der Waals surface area contributed by atoms with Crippen molar-refractivity contribution in [3.05, 3.63) is 80.2 Å². The highest BCUT2D eigenvalue weighted by Crippen LogP contribution is 2.32. The van der Waals surface area contributed by atoms with E-state index in [0.29, 0.717) is 27.7 Å². The summed E-state index contributed by atoms with van der Waals surface area (Å²) < 4.78 is 10.5. The Kier molecular flexibility index (Phi) is 3.84. The molecule has 1 aliphatic rings. The Bertz CT molecular complexity index is 1160. The fourth-order valence-corrected chi connectivity index (χ4v) is 3.38. The summed E-state index contributed by atoms with van der Waals surface area (Å²) >= 11 is 0. The second kappa shape index (κ2) is 6.09. The van der Waals surface area contributed by atoms with Gasteiger partial charge in [0.15, 0.2) is 5.43 Å². The van der Waals surface area contributed by atoms with Crippen LogP contribution in [0.2, 0.25) is 0 Å². The molecule has 0 saturated carbocycles. The van der Waals surface area contributed by atoms with Crippen LogP contribution in [0, 0.1) is 13.8 Å². The number of amides is 1. The van der Waals surface area contributed by atoms with Crippen LogP contribution in [0.4, 0.5) is 0 Å². The van der Waals surface area contributed by atoms with Gasteiger partial charge >= 0.3 is 5.97 Å². The lowest BCUT2D eigenvalue weighted by molar-refractivity contribution is 0.0600. The molecule has 27 heavy (non-hydrogen) atoms. The Morgan fingerprint density at radius 2 is 1.78 bits per heavy atom. The van der Waals surface area contributed by atoms with Crippen LogP contribution in [0.15, 0.2) is 45.6 Å². The molecule has 1 unspecified atom stereocenters. The van der Waals surface area contributed by atoms with Gasteiger partial charge in [0.1, 0.15) is 5.58 Å². The smallest absolute Gasteiger partial charge is 0.337 e. The van der Waals surface area contributed by atoms with Crippen molar-refractivity contribution in [3.63, 3.8) is 0 Å². The summed E-state index contributed by atoms with van der Waals surface area (Å²) in [7, 11) is 1.31. The number of hydrogen-bond acceptors (Lipinski definition) is 5. The second-order valence-electron chi connectivity index (χ2n) is 6.58. The summed E-state index contributed by atoms with van der Waals surface area (Å²) in [5.41, 5.74) is 3.41. The molecule has 0 spiro atoms. The average molecular weight is 363 g/mol. The molecule has 136 valence electrons. The highest BCUT2D eigenvalue weighted by Gasteiger charge is 2.36. The van der Waals surface area contributed by atoms with E-state index in [-0.39, 0.29) is 11.2 Å². The third kappa shape index (κ3) is 2.52. The molecule has 1 aliphatic heterocycles. The molecule has 0 aliphatic carbocycles. The lowest BCUT2D eigenvalue weighted by Gasteiger charge is -2.12. The van der Waals surface area contributed by atoms with Gasteiger partial charge in [0.25, 0.3) is 5.91 Å². The number of hydrogen-bond donors (Lipinski definition) is 1. The van der Waals surface area contributed by atoms with Crippen LogP contribution in [0.1, 0.15) is 49.2 Å². The Balaban J connectivity index is 1.88. The molecule has 0 saturated heterocycles. The van der Waals surface area contributed by atoms with Crippen molar-refractivity contribution in [1.29, 1.82) is 0 Å². The number of nitrogens with one attached hydrogen (secondary N) is 1. The fraction of sp³-hybridized carbons (Fsp3) is 0.190. The number of ether oxygens (including phenoxy) is 1. The normalized spacial score (nSPS) is 15.5. The van der Waals surface area contributed by atoms with Crippen molar-refractivity contribution in [3.8, 4) is 0 Å². The Morgan fingerprint density at radius 3 is 2.44 bits per heavy atom. The van der Waals surface area contributed by atoms with Crippen molar-refractivity contribution in [2.24, 2.45) is 0 Å². The van der Waals surface area contributed by atoms with Crippen LogP contribution in [0.5, 0.6) is 0 Å². The molecule has 1 amide bonds. The van der Waals surface area contributed by atoms with E-state index in [1.165, 1.54) is 7.11 Å². The first-order valence-corrected chi connectivity index (χ1v) is 8.48. The highest BCUT2D eigenvalue weighted by atomic mass is 16.5. The molecule has 1 atom stereocenters. The largest absolute Gasteiger partial charge is 0.465 e. The average Bonchev–Trinajstić information content (AvgIpc) is 3.01. The quantitative estimate of drug-likeness (QED) is 0.708. The lowest BCUT2D eigenvalue weighted by Crippen LogP contribution is -2.22. The number of carbonyl (C=O) groups excluding carboxylic acids is 2. The molecule has 6 heteroatoms. The second-order valence-corrected chi connectivity index (χ2v) is 6.58. The SMILES string of the molecule is COC(=O)c1ccc(C2NC(=O)c3oc4c(C)c(C)ccc4c(=O)c32)cc1. The summed E-state index contributed by atoms with van der Waals surface area (Å²) in [4.78, 5) is 37.2. The van der Waals surface area contributed by atoms with Gasteiger partial charge in [-0.1, -0.05) is 18.2 Å². The summed E-state index contributed by atoms with van der Waals surface area (Å²) in [5.74, 6) is -0.830.